The fourth-order valence-electron chi connectivity index (χ4n) is 2.69. The average molecular weight is 531 g/mol. The summed E-state index contributed by atoms with van der Waals surface area (Å²) in [6, 6.07) is 22.6. The lowest BCUT2D eigenvalue weighted by atomic mass is 10.0. The van der Waals surface area contributed by atoms with E-state index in [2.05, 4.69) is 37.2 Å². The Morgan fingerprint density at radius 2 is 1.76 bits per heavy atom. The van der Waals surface area contributed by atoms with Gasteiger partial charge in [-0.2, -0.15) is 5.26 Å². The fraction of sp³-hybridized carbons (Fsp3) is 0.0435. The van der Waals surface area contributed by atoms with Crippen LogP contribution in [-0.4, -0.2) is 5.91 Å². The molecule has 3 aromatic carbocycles. The predicted octanol–water partition coefficient (Wildman–Crippen LogP) is 7.00. The van der Waals surface area contributed by atoms with Gasteiger partial charge in [-0.15, -0.1) is 0 Å². The number of amides is 1. The molecule has 3 nitrogen and oxygen atoms in total. The van der Waals surface area contributed by atoms with E-state index in [0.717, 1.165) is 30.7 Å². The number of nitrogens with zero attached hydrogens (tertiary/aromatic N) is 1. The van der Waals surface area contributed by atoms with Crippen molar-refractivity contribution in [3.05, 3.63) is 103 Å². The number of nitrogens with one attached hydrogen (secondary N) is 1. The first-order valence-electron chi connectivity index (χ1n) is 8.67. The maximum atomic E-state index is 12.4. The third kappa shape index (κ3) is 5.80. The largest absolute Gasteiger partial charge is 0.321 e. The molecule has 0 saturated carbocycles. The van der Waals surface area contributed by atoms with Crippen LogP contribution in [0.25, 0.3) is 6.08 Å². The lowest BCUT2D eigenvalue weighted by molar-refractivity contribution is -0.112. The van der Waals surface area contributed by atoms with Crippen molar-refractivity contribution in [2.75, 3.05) is 5.32 Å². The first-order valence-corrected chi connectivity index (χ1v) is 10.6. The van der Waals surface area contributed by atoms with Gasteiger partial charge in [-0.1, -0.05) is 73.8 Å². The lowest BCUT2D eigenvalue weighted by Crippen LogP contribution is -2.13. The van der Waals surface area contributed by atoms with E-state index < -0.39 is 5.91 Å². The maximum Gasteiger partial charge on any atom is 0.266 e. The molecule has 0 aliphatic rings. The van der Waals surface area contributed by atoms with Crippen LogP contribution in [0.5, 0.6) is 0 Å². The summed E-state index contributed by atoms with van der Waals surface area (Å²) in [6.45, 7) is 0. The van der Waals surface area contributed by atoms with E-state index >= 15 is 0 Å². The van der Waals surface area contributed by atoms with Crippen molar-refractivity contribution < 1.29 is 4.79 Å². The van der Waals surface area contributed by atoms with Gasteiger partial charge in [0.1, 0.15) is 11.6 Å². The molecule has 0 radical (unpaired) electrons. The molecule has 144 valence electrons. The molecule has 1 N–H and O–H groups in total. The van der Waals surface area contributed by atoms with Crippen LogP contribution in [0.15, 0.2) is 81.2 Å². The summed E-state index contributed by atoms with van der Waals surface area (Å²) in [5, 5.41) is 12.9. The van der Waals surface area contributed by atoms with E-state index in [9.17, 15) is 10.1 Å². The smallest absolute Gasteiger partial charge is 0.266 e. The Morgan fingerprint density at radius 1 is 1.03 bits per heavy atom. The number of rotatable bonds is 5. The Morgan fingerprint density at radius 3 is 2.41 bits per heavy atom. The minimum atomic E-state index is -0.453. The molecular weight excluding hydrogens is 516 g/mol. The van der Waals surface area contributed by atoms with Crippen LogP contribution in [0.4, 0.5) is 5.69 Å². The van der Waals surface area contributed by atoms with Crippen molar-refractivity contribution in [3.8, 4) is 6.07 Å². The Balaban J connectivity index is 1.78. The van der Waals surface area contributed by atoms with Gasteiger partial charge < -0.3 is 5.32 Å². The number of halogens is 3. The minimum absolute atomic E-state index is 0.0265. The lowest BCUT2D eigenvalue weighted by Gasteiger charge is -2.08. The quantitative estimate of drug-likeness (QED) is 0.285. The zero-order valence-corrected chi connectivity index (χ0v) is 19.1. The molecule has 0 aromatic heterocycles. The molecular formula is C23H15Br2ClN2O. The molecule has 0 heterocycles. The molecule has 0 atom stereocenters. The zero-order chi connectivity index (χ0) is 20.8. The summed E-state index contributed by atoms with van der Waals surface area (Å²) < 4.78 is 1.80. The molecule has 0 spiro atoms. The standard InChI is InChI=1S/C23H15Br2ClN2O/c24-19-7-9-20(10-8-19)28-23(29)18(14-27)11-15-5-6-16(21(25)12-15)13-17-3-1-2-4-22(17)26/h1-12H,13H2,(H,28,29)/b18-11+. The summed E-state index contributed by atoms with van der Waals surface area (Å²) in [5.74, 6) is -0.453. The Bertz CT molecular complexity index is 1120. The Hall–Kier alpha value is -2.39. The summed E-state index contributed by atoms with van der Waals surface area (Å²) in [7, 11) is 0. The second-order valence-electron chi connectivity index (χ2n) is 6.25. The van der Waals surface area contributed by atoms with Crippen molar-refractivity contribution in [1.29, 1.82) is 5.26 Å². The molecule has 0 aliphatic carbocycles. The van der Waals surface area contributed by atoms with Gasteiger partial charge in [0.2, 0.25) is 0 Å². The first-order chi connectivity index (χ1) is 14.0. The van der Waals surface area contributed by atoms with Crippen molar-refractivity contribution in [3.63, 3.8) is 0 Å². The van der Waals surface area contributed by atoms with Gasteiger partial charge >= 0.3 is 0 Å². The predicted molar refractivity (Wildman–Crippen MR) is 125 cm³/mol. The number of hydrogen-bond donors (Lipinski definition) is 1. The van der Waals surface area contributed by atoms with E-state index in [4.69, 9.17) is 11.6 Å². The molecule has 0 aliphatic heterocycles. The molecule has 0 unspecified atom stereocenters. The SMILES string of the molecule is N#C/C(=C\c1ccc(Cc2ccccc2Cl)c(Br)c1)C(=O)Nc1ccc(Br)cc1. The number of carbonyl (C=O) groups is 1. The number of carbonyl (C=O) groups excluding carboxylic acids is 1. The number of hydrogen-bond acceptors (Lipinski definition) is 2. The van der Waals surface area contributed by atoms with Crippen LogP contribution in [0.3, 0.4) is 0 Å². The highest BCUT2D eigenvalue weighted by molar-refractivity contribution is 9.10. The van der Waals surface area contributed by atoms with E-state index in [1.165, 1.54) is 0 Å². The Labute approximate surface area is 191 Å². The molecule has 3 rings (SSSR count). The first kappa shape index (κ1) is 21.3. The molecule has 6 heteroatoms. The van der Waals surface area contributed by atoms with E-state index in [1.54, 1.807) is 18.2 Å². The van der Waals surface area contributed by atoms with E-state index in [-0.39, 0.29) is 5.57 Å². The second kappa shape index (κ2) is 9.89. The highest BCUT2D eigenvalue weighted by Gasteiger charge is 2.11. The molecule has 1 amide bonds. The summed E-state index contributed by atoms with van der Waals surface area (Å²) in [6.07, 6.45) is 2.25. The highest BCUT2D eigenvalue weighted by Crippen LogP contribution is 2.26. The van der Waals surface area contributed by atoms with Gasteiger partial charge in [0.05, 0.1) is 0 Å². The molecule has 0 saturated heterocycles. The van der Waals surface area contributed by atoms with Gasteiger partial charge in [-0.05, 0) is 59.2 Å². The average Bonchev–Trinajstić information content (AvgIpc) is 2.71. The number of nitriles is 1. The maximum absolute atomic E-state index is 12.4. The van der Waals surface area contributed by atoms with E-state index in [1.807, 2.05) is 60.7 Å². The highest BCUT2D eigenvalue weighted by atomic mass is 79.9. The Kier molecular flexibility index (Phi) is 7.27. The van der Waals surface area contributed by atoms with Gasteiger partial charge in [0.25, 0.3) is 5.91 Å². The molecule has 3 aromatic rings. The third-order valence-electron chi connectivity index (χ3n) is 4.19. The van der Waals surface area contributed by atoms with Gasteiger partial charge in [0, 0.05) is 26.1 Å². The molecule has 0 bridgehead atoms. The van der Waals surface area contributed by atoms with Crippen LogP contribution in [0, 0.1) is 11.3 Å². The topological polar surface area (TPSA) is 52.9 Å². The summed E-state index contributed by atoms with van der Waals surface area (Å²) in [5.41, 5.74) is 3.49. The summed E-state index contributed by atoms with van der Waals surface area (Å²) >= 11 is 13.2. The monoisotopic (exact) mass is 528 g/mol. The van der Waals surface area contributed by atoms with Gasteiger partial charge in [-0.25, -0.2) is 0 Å². The van der Waals surface area contributed by atoms with Crippen LogP contribution in [0.1, 0.15) is 16.7 Å². The fourth-order valence-corrected chi connectivity index (χ4v) is 3.69. The van der Waals surface area contributed by atoms with Crippen molar-refractivity contribution >= 4 is 61.1 Å². The van der Waals surface area contributed by atoms with Gasteiger partial charge in [-0.3, -0.25) is 4.79 Å². The van der Waals surface area contributed by atoms with Crippen molar-refractivity contribution in [2.45, 2.75) is 6.42 Å². The molecule has 0 fully saturated rings. The van der Waals surface area contributed by atoms with Crippen molar-refractivity contribution in [1.82, 2.24) is 0 Å². The van der Waals surface area contributed by atoms with Crippen molar-refractivity contribution in [2.24, 2.45) is 0 Å². The zero-order valence-electron chi connectivity index (χ0n) is 15.1. The molecule has 29 heavy (non-hydrogen) atoms. The third-order valence-corrected chi connectivity index (χ3v) is 5.83. The van der Waals surface area contributed by atoms with Crippen LogP contribution in [0.2, 0.25) is 5.02 Å². The van der Waals surface area contributed by atoms with Crippen LogP contribution < -0.4 is 5.32 Å². The number of anilines is 1. The van der Waals surface area contributed by atoms with Crippen LogP contribution >= 0.6 is 43.5 Å². The summed E-state index contributed by atoms with van der Waals surface area (Å²) in [4.78, 5) is 12.4. The minimum Gasteiger partial charge on any atom is -0.321 e. The van der Waals surface area contributed by atoms with E-state index in [0.29, 0.717) is 12.1 Å². The number of benzene rings is 3. The van der Waals surface area contributed by atoms with Gasteiger partial charge in [0.15, 0.2) is 0 Å². The van der Waals surface area contributed by atoms with Crippen LogP contribution in [-0.2, 0) is 11.2 Å². The normalized spacial score (nSPS) is 11.0. The second-order valence-corrected chi connectivity index (χ2v) is 8.43.